The number of carbonyl (C=O) groups is 2. The summed E-state index contributed by atoms with van der Waals surface area (Å²) in [6, 6.07) is 3.39. The van der Waals surface area contributed by atoms with Crippen LogP contribution < -0.4 is 14.8 Å². The molecule has 0 aromatic heterocycles. The van der Waals surface area contributed by atoms with E-state index in [1.54, 1.807) is 12.1 Å². The van der Waals surface area contributed by atoms with E-state index in [4.69, 9.17) is 9.47 Å². The van der Waals surface area contributed by atoms with Crippen LogP contribution in [0.2, 0.25) is 0 Å². The van der Waals surface area contributed by atoms with Crippen molar-refractivity contribution in [2.45, 2.75) is 13.3 Å². The average Bonchev–Trinajstić information content (AvgIpc) is 2.37. The van der Waals surface area contributed by atoms with Crippen molar-refractivity contribution in [2.75, 3.05) is 20.8 Å². The SMILES string of the molecule is COc1cc(C=O)c(CCNC(C)=O)cc1OC. The number of rotatable bonds is 6. The summed E-state index contributed by atoms with van der Waals surface area (Å²) in [6.07, 6.45) is 1.33. The van der Waals surface area contributed by atoms with Gasteiger partial charge in [-0.05, 0) is 24.1 Å². The molecule has 0 saturated carbocycles. The number of nitrogens with one attached hydrogen (secondary N) is 1. The second-order valence-corrected chi connectivity index (χ2v) is 3.76. The molecule has 0 unspecified atom stereocenters. The standard InChI is InChI=1S/C13H17NO4/c1-9(16)14-5-4-10-6-12(17-2)13(18-3)7-11(10)8-15/h6-8H,4-5H2,1-3H3,(H,14,16). The number of methoxy groups -OCH3 is 2. The van der Waals surface area contributed by atoms with Gasteiger partial charge in [0.25, 0.3) is 0 Å². The predicted molar refractivity (Wildman–Crippen MR) is 67.3 cm³/mol. The van der Waals surface area contributed by atoms with E-state index in [1.165, 1.54) is 21.1 Å². The van der Waals surface area contributed by atoms with Gasteiger partial charge in [-0.25, -0.2) is 0 Å². The topological polar surface area (TPSA) is 64.6 Å². The van der Waals surface area contributed by atoms with Gasteiger partial charge >= 0.3 is 0 Å². The molecule has 5 nitrogen and oxygen atoms in total. The van der Waals surface area contributed by atoms with Gasteiger partial charge in [-0.1, -0.05) is 0 Å². The molecule has 1 amide bonds. The summed E-state index contributed by atoms with van der Waals surface area (Å²) in [5.74, 6) is 0.993. The van der Waals surface area contributed by atoms with Crippen LogP contribution in [0.3, 0.4) is 0 Å². The van der Waals surface area contributed by atoms with Crippen molar-refractivity contribution in [3.05, 3.63) is 23.3 Å². The second-order valence-electron chi connectivity index (χ2n) is 3.76. The summed E-state index contributed by atoms with van der Waals surface area (Å²) in [5.41, 5.74) is 1.36. The first kappa shape index (κ1) is 14.0. The van der Waals surface area contributed by atoms with Gasteiger partial charge < -0.3 is 14.8 Å². The molecule has 1 aromatic carbocycles. The lowest BCUT2D eigenvalue weighted by molar-refractivity contribution is -0.118. The highest BCUT2D eigenvalue weighted by molar-refractivity contribution is 5.79. The summed E-state index contributed by atoms with van der Waals surface area (Å²) < 4.78 is 10.3. The van der Waals surface area contributed by atoms with Gasteiger partial charge in [0.1, 0.15) is 6.29 Å². The molecule has 1 N–H and O–H groups in total. The zero-order valence-electron chi connectivity index (χ0n) is 10.8. The Balaban J connectivity index is 2.94. The number of amides is 1. The predicted octanol–water partition coefficient (Wildman–Crippen LogP) is 1.19. The van der Waals surface area contributed by atoms with E-state index < -0.39 is 0 Å². The number of carbonyl (C=O) groups excluding carboxylic acids is 2. The van der Waals surface area contributed by atoms with Crippen molar-refractivity contribution in [3.63, 3.8) is 0 Å². The molecule has 98 valence electrons. The first-order valence-corrected chi connectivity index (χ1v) is 5.57. The molecule has 0 bridgehead atoms. The van der Waals surface area contributed by atoms with Crippen molar-refractivity contribution in [3.8, 4) is 11.5 Å². The summed E-state index contributed by atoms with van der Waals surface area (Å²) in [6.45, 7) is 1.93. The van der Waals surface area contributed by atoms with Gasteiger partial charge in [0, 0.05) is 19.0 Å². The molecule has 1 aromatic rings. The molecule has 1 rings (SSSR count). The lowest BCUT2D eigenvalue weighted by Gasteiger charge is -2.12. The van der Waals surface area contributed by atoms with Gasteiger partial charge in [0.05, 0.1) is 14.2 Å². The number of aldehydes is 1. The van der Waals surface area contributed by atoms with Crippen LogP contribution in [-0.4, -0.2) is 33.0 Å². The Morgan fingerprint density at radius 2 is 1.89 bits per heavy atom. The zero-order chi connectivity index (χ0) is 13.5. The fourth-order valence-corrected chi connectivity index (χ4v) is 1.64. The molecule has 0 aliphatic rings. The lowest BCUT2D eigenvalue weighted by atomic mass is 10.0. The fourth-order valence-electron chi connectivity index (χ4n) is 1.64. The van der Waals surface area contributed by atoms with Crippen molar-refractivity contribution >= 4 is 12.2 Å². The van der Waals surface area contributed by atoms with Crippen molar-refractivity contribution < 1.29 is 19.1 Å². The summed E-state index contributed by atoms with van der Waals surface area (Å²) in [5, 5.41) is 2.68. The average molecular weight is 251 g/mol. The maximum absolute atomic E-state index is 11.0. The highest BCUT2D eigenvalue weighted by Gasteiger charge is 2.10. The molecule has 0 atom stereocenters. The van der Waals surface area contributed by atoms with E-state index in [0.717, 1.165) is 11.8 Å². The fraction of sp³-hybridized carbons (Fsp3) is 0.385. The van der Waals surface area contributed by atoms with Gasteiger partial charge in [0.2, 0.25) is 5.91 Å². The number of ether oxygens (including phenoxy) is 2. The Morgan fingerprint density at radius 3 is 2.39 bits per heavy atom. The van der Waals surface area contributed by atoms with Gasteiger partial charge in [0.15, 0.2) is 11.5 Å². The molecular formula is C13H17NO4. The van der Waals surface area contributed by atoms with E-state index in [0.29, 0.717) is 30.0 Å². The lowest BCUT2D eigenvalue weighted by Crippen LogP contribution is -2.22. The molecule has 0 radical (unpaired) electrons. The first-order chi connectivity index (χ1) is 8.62. The Bertz CT molecular complexity index is 443. The zero-order valence-corrected chi connectivity index (χ0v) is 10.8. The van der Waals surface area contributed by atoms with Gasteiger partial charge in [-0.3, -0.25) is 9.59 Å². The molecule has 0 saturated heterocycles. The minimum absolute atomic E-state index is 0.0943. The maximum atomic E-state index is 11.0. The van der Waals surface area contributed by atoms with Gasteiger partial charge in [-0.15, -0.1) is 0 Å². The van der Waals surface area contributed by atoms with E-state index in [2.05, 4.69) is 5.32 Å². The highest BCUT2D eigenvalue weighted by Crippen LogP contribution is 2.30. The minimum Gasteiger partial charge on any atom is -0.493 e. The molecule has 0 aliphatic heterocycles. The van der Waals surface area contributed by atoms with Crippen molar-refractivity contribution in [1.82, 2.24) is 5.32 Å². The number of hydrogen-bond acceptors (Lipinski definition) is 4. The van der Waals surface area contributed by atoms with Crippen LogP contribution in [0.25, 0.3) is 0 Å². The third kappa shape index (κ3) is 3.48. The van der Waals surface area contributed by atoms with Crippen LogP contribution in [0, 0.1) is 0 Å². The van der Waals surface area contributed by atoms with Crippen LogP contribution in [-0.2, 0) is 11.2 Å². The normalized spacial score (nSPS) is 9.72. The number of benzene rings is 1. The van der Waals surface area contributed by atoms with Crippen molar-refractivity contribution in [1.29, 1.82) is 0 Å². The monoisotopic (exact) mass is 251 g/mol. The minimum atomic E-state index is -0.0943. The molecule has 18 heavy (non-hydrogen) atoms. The van der Waals surface area contributed by atoms with Gasteiger partial charge in [-0.2, -0.15) is 0 Å². The molecule has 0 heterocycles. The Labute approximate surface area is 106 Å². The third-order valence-electron chi connectivity index (χ3n) is 2.54. The molecule has 0 spiro atoms. The van der Waals surface area contributed by atoms with E-state index in [-0.39, 0.29) is 5.91 Å². The van der Waals surface area contributed by atoms with Crippen LogP contribution in [0.15, 0.2) is 12.1 Å². The quantitative estimate of drug-likeness (QED) is 0.771. The largest absolute Gasteiger partial charge is 0.493 e. The van der Waals surface area contributed by atoms with Crippen molar-refractivity contribution in [2.24, 2.45) is 0 Å². The molecule has 0 fully saturated rings. The van der Waals surface area contributed by atoms with E-state index in [1.807, 2.05) is 0 Å². The van der Waals surface area contributed by atoms with Crippen LogP contribution in [0.1, 0.15) is 22.8 Å². The molecule has 0 aliphatic carbocycles. The summed E-state index contributed by atoms with van der Waals surface area (Å²) in [7, 11) is 3.06. The number of hydrogen-bond donors (Lipinski definition) is 1. The molecular weight excluding hydrogens is 234 g/mol. The van der Waals surface area contributed by atoms with E-state index in [9.17, 15) is 9.59 Å². The second kappa shape index (κ2) is 6.64. The Morgan fingerprint density at radius 1 is 1.28 bits per heavy atom. The smallest absolute Gasteiger partial charge is 0.216 e. The van der Waals surface area contributed by atoms with Crippen LogP contribution >= 0.6 is 0 Å². The third-order valence-corrected chi connectivity index (χ3v) is 2.54. The van der Waals surface area contributed by atoms with E-state index >= 15 is 0 Å². The summed E-state index contributed by atoms with van der Waals surface area (Å²) in [4.78, 5) is 21.8. The Hall–Kier alpha value is -2.04. The Kier molecular flexibility index (Phi) is 5.17. The van der Waals surface area contributed by atoms with Crippen LogP contribution in [0.4, 0.5) is 0 Å². The summed E-state index contributed by atoms with van der Waals surface area (Å²) >= 11 is 0. The maximum Gasteiger partial charge on any atom is 0.216 e. The molecule has 5 heteroatoms. The van der Waals surface area contributed by atoms with Crippen LogP contribution in [0.5, 0.6) is 11.5 Å². The first-order valence-electron chi connectivity index (χ1n) is 5.57. The highest BCUT2D eigenvalue weighted by atomic mass is 16.5.